The van der Waals surface area contributed by atoms with Gasteiger partial charge >= 0.3 is 5.97 Å². The summed E-state index contributed by atoms with van der Waals surface area (Å²) in [6.45, 7) is 2.44. The number of carbonyl (C=O) groups excluding carboxylic acids is 2. The fourth-order valence-electron chi connectivity index (χ4n) is 3.37. The maximum atomic E-state index is 12.7. The Balaban J connectivity index is 1.59. The van der Waals surface area contributed by atoms with Crippen molar-refractivity contribution < 1.29 is 19.1 Å². The number of fused-ring (bicyclic) bond motifs is 1. The molecule has 1 amide bonds. The Hall–Kier alpha value is -4.16. The van der Waals surface area contributed by atoms with Gasteiger partial charge in [-0.25, -0.2) is 10.2 Å². The first-order valence-electron chi connectivity index (χ1n) is 10.6. The number of hydrazone groups is 1. The molecule has 0 fully saturated rings. The Morgan fingerprint density at radius 1 is 0.941 bits per heavy atom. The van der Waals surface area contributed by atoms with Crippen LogP contribution in [-0.4, -0.2) is 24.7 Å². The van der Waals surface area contributed by atoms with Gasteiger partial charge in [0.1, 0.15) is 11.5 Å². The number of halogens is 1. The number of rotatable bonds is 7. The van der Waals surface area contributed by atoms with Gasteiger partial charge < -0.3 is 9.47 Å². The molecule has 0 unspecified atom stereocenters. The maximum Gasteiger partial charge on any atom is 0.345 e. The number of hydrogen-bond donors (Lipinski definition) is 1. The van der Waals surface area contributed by atoms with Gasteiger partial charge in [-0.3, -0.25) is 4.79 Å². The van der Waals surface area contributed by atoms with Crippen LogP contribution in [0.3, 0.4) is 0 Å². The molecule has 0 aliphatic carbocycles. The van der Waals surface area contributed by atoms with Gasteiger partial charge in [-0.1, -0.05) is 54.1 Å². The van der Waals surface area contributed by atoms with Gasteiger partial charge in [0.25, 0.3) is 5.91 Å². The number of benzene rings is 4. The smallest absolute Gasteiger partial charge is 0.345 e. The molecular weight excluding hydrogens is 452 g/mol. The van der Waals surface area contributed by atoms with Crippen LogP contribution >= 0.6 is 11.6 Å². The summed E-state index contributed by atoms with van der Waals surface area (Å²) < 4.78 is 11.1. The van der Waals surface area contributed by atoms with Gasteiger partial charge in [0.15, 0.2) is 0 Å². The van der Waals surface area contributed by atoms with Crippen molar-refractivity contribution in [3.8, 4) is 11.5 Å². The van der Waals surface area contributed by atoms with Crippen LogP contribution in [0.15, 0.2) is 90.0 Å². The van der Waals surface area contributed by atoms with Crippen LogP contribution in [0, 0.1) is 0 Å². The summed E-state index contributed by atoms with van der Waals surface area (Å²) in [7, 11) is 0. The van der Waals surface area contributed by atoms with Crippen molar-refractivity contribution in [2.45, 2.75) is 6.92 Å². The minimum Gasteiger partial charge on any atom is -0.494 e. The topological polar surface area (TPSA) is 77.0 Å². The third kappa shape index (κ3) is 5.24. The fourth-order valence-corrected chi connectivity index (χ4v) is 3.58. The van der Waals surface area contributed by atoms with E-state index < -0.39 is 5.97 Å². The predicted molar refractivity (Wildman–Crippen MR) is 133 cm³/mol. The van der Waals surface area contributed by atoms with E-state index in [1.165, 1.54) is 6.21 Å². The van der Waals surface area contributed by atoms with Crippen LogP contribution in [0.2, 0.25) is 5.02 Å². The summed E-state index contributed by atoms with van der Waals surface area (Å²) in [6.07, 6.45) is 1.46. The summed E-state index contributed by atoms with van der Waals surface area (Å²) in [5.41, 5.74) is 3.75. The van der Waals surface area contributed by atoms with E-state index >= 15 is 0 Å². The van der Waals surface area contributed by atoms with Crippen LogP contribution in [0.4, 0.5) is 0 Å². The summed E-state index contributed by atoms with van der Waals surface area (Å²) in [6, 6.07) is 24.6. The van der Waals surface area contributed by atoms with E-state index in [1.807, 2.05) is 37.3 Å². The van der Waals surface area contributed by atoms with Crippen LogP contribution in [-0.2, 0) is 0 Å². The highest BCUT2D eigenvalue weighted by molar-refractivity contribution is 6.33. The molecule has 0 aliphatic rings. The first kappa shape index (κ1) is 23.0. The number of hydrogen-bond acceptors (Lipinski definition) is 5. The second-order valence-electron chi connectivity index (χ2n) is 7.22. The Labute approximate surface area is 201 Å². The van der Waals surface area contributed by atoms with E-state index in [0.717, 1.165) is 10.8 Å². The third-order valence-electron chi connectivity index (χ3n) is 5.01. The quantitative estimate of drug-likeness (QED) is 0.158. The molecule has 0 saturated heterocycles. The fraction of sp³-hybridized carbons (Fsp3) is 0.0741. The van der Waals surface area contributed by atoms with E-state index in [0.29, 0.717) is 34.3 Å². The zero-order chi connectivity index (χ0) is 23.9. The minimum absolute atomic E-state index is 0.254. The van der Waals surface area contributed by atoms with Crippen molar-refractivity contribution in [1.29, 1.82) is 0 Å². The lowest BCUT2D eigenvalue weighted by Crippen LogP contribution is -2.17. The van der Waals surface area contributed by atoms with Crippen molar-refractivity contribution in [2.24, 2.45) is 5.10 Å². The molecule has 4 rings (SSSR count). The van der Waals surface area contributed by atoms with Crippen molar-refractivity contribution in [2.75, 3.05) is 6.61 Å². The highest BCUT2D eigenvalue weighted by Crippen LogP contribution is 2.28. The predicted octanol–water partition coefficient (Wildman–Crippen LogP) is 5.88. The Morgan fingerprint density at radius 2 is 1.68 bits per heavy atom. The summed E-state index contributed by atoms with van der Waals surface area (Å²) in [5.74, 6) is 0.00840. The number of carbonyl (C=O) groups is 2. The van der Waals surface area contributed by atoms with Crippen molar-refractivity contribution in [3.63, 3.8) is 0 Å². The Bertz CT molecular complexity index is 1370. The largest absolute Gasteiger partial charge is 0.494 e. The van der Waals surface area contributed by atoms with Crippen LogP contribution in [0.1, 0.15) is 33.2 Å². The molecule has 4 aromatic carbocycles. The molecule has 4 aromatic rings. The molecule has 0 aromatic heterocycles. The molecule has 0 atom stereocenters. The van der Waals surface area contributed by atoms with Crippen LogP contribution in [0.25, 0.3) is 10.8 Å². The molecule has 7 heteroatoms. The zero-order valence-corrected chi connectivity index (χ0v) is 19.1. The second kappa shape index (κ2) is 10.6. The summed E-state index contributed by atoms with van der Waals surface area (Å²) in [5, 5.41) is 6.15. The van der Waals surface area contributed by atoms with Gasteiger partial charge in [0, 0.05) is 11.1 Å². The lowest BCUT2D eigenvalue weighted by molar-refractivity contribution is 0.0734. The summed E-state index contributed by atoms with van der Waals surface area (Å²) >= 11 is 6.14. The van der Waals surface area contributed by atoms with Crippen molar-refractivity contribution >= 4 is 40.5 Å². The van der Waals surface area contributed by atoms with E-state index in [4.69, 9.17) is 21.1 Å². The molecular formula is C27H21ClN2O4. The number of nitrogens with one attached hydrogen (secondary N) is 1. The van der Waals surface area contributed by atoms with Crippen LogP contribution in [0.5, 0.6) is 11.5 Å². The van der Waals surface area contributed by atoms with Crippen molar-refractivity contribution in [1.82, 2.24) is 5.43 Å². The first-order chi connectivity index (χ1) is 16.6. The average molecular weight is 473 g/mol. The van der Waals surface area contributed by atoms with E-state index in [1.54, 1.807) is 54.6 Å². The molecule has 34 heavy (non-hydrogen) atoms. The Kier molecular flexibility index (Phi) is 7.20. The standard InChI is InChI=1S/C27H21ClN2O4/c1-2-33-20-14-11-19(12-15-20)26(31)30-29-17-23-21-8-4-3-7-18(21)13-16-25(23)34-27(32)22-9-5-6-10-24(22)28/h3-17H,2H2,1H3,(H,30,31)/b29-17+. The molecule has 0 bridgehead atoms. The van der Waals surface area contributed by atoms with E-state index in [2.05, 4.69) is 10.5 Å². The normalized spacial score (nSPS) is 10.9. The SMILES string of the molecule is CCOc1ccc(C(=O)N/N=C/c2c(OC(=O)c3ccccc3Cl)ccc3ccccc23)cc1. The minimum atomic E-state index is -0.589. The second-order valence-corrected chi connectivity index (χ2v) is 7.63. The lowest BCUT2D eigenvalue weighted by atomic mass is 10.0. The van der Waals surface area contributed by atoms with Gasteiger partial charge in [0.2, 0.25) is 0 Å². The maximum absolute atomic E-state index is 12.7. The highest BCUT2D eigenvalue weighted by Gasteiger charge is 2.16. The summed E-state index contributed by atoms with van der Waals surface area (Å²) in [4.78, 5) is 25.2. The number of amides is 1. The average Bonchev–Trinajstić information content (AvgIpc) is 2.86. The molecule has 1 N–H and O–H groups in total. The number of esters is 1. The molecule has 0 saturated carbocycles. The monoisotopic (exact) mass is 472 g/mol. The molecule has 170 valence electrons. The van der Waals surface area contributed by atoms with E-state index in [-0.39, 0.29) is 11.5 Å². The molecule has 0 heterocycles. The Morgan fingerprint density at radius 3 is 2.44 bits per heavy atom. The third-order valence-corrected chi connectivity index (χ3v) is 5.34. The number of ether oxygens (including phenoxy) is 2. The highest BCUT2D eigenvalue weighted by atomic mass is 35.5. The zero-order valence-electron chi connectivity index (χ0n) is 18.3. The lowest BCUT2D eigenvalue weighted by Gasteiger charge is -2.11. The van der Waals surface area contributed by atoms with Crippen LogP contribution < -0.4 is 14.9 Å². The number of nitrogens with zero attached hydrogens (tertiary/aromatic N) is 1. The molecule has 0 radical (unpaired) electrons. The van der Waals surface area contributed by atoms with E-state index in [9.17, 15) is 9.59 Å². The van der Waals surface area contributed by atoms with Crippen molar-refractivity contribution in [3.05, 3.63) is 107 Å². The van der Waals surface area contributed by atoms with Gasteiger partial charge in [-0.2, -0.15) is 5.10 Å². The van der Waals surface area contributed by atoms with Gasteiger partial charge in [-0.15, -0.1) is 0 Å². The van der Waals surface area contributed by atoms with Gasteiger partial charge in [0.05, 0.1) is 23.4 Å². The van der Waals surface area contributed by atoms with Gasteiger partial charge in [-0.05, 0) is 60.2 Å². The first-order valence-corrected chi connectivity index (χ1v) is 11.0. The molecule has 6 nitrogen and oxygen atoms in total. The molecule has 0 aliphatic heterocycles. The molecule has 0 spiro atoms.